The van der Waals surface area contributed by atoms with Crippen molar-refractivity contribution >= 4 is 15.9 Å². The van der Waals surface area contributed by atoms with Crippen molar-refractivity contribution in [1.82, 2.24) is 0 Å². The summed E-state index contributed by atoms with van der Waals surface area (Å²) < 4.78 is 32.4. The molecule has 0 fully saturated rings. The van der Waals surface area contributed by atoms with E-state index in [2.05, 4.69) is 0 Å². The van der Waals surface area contributed by atoms with E-state index in [0.29, 0.717) is 11.1 Å². The second-order valence-corrected chi connectivity index (χ2v) is 6.01. The summed E-state index contributed by atoms with van der Waals surface area (Å²) in [6.07, 6.45) is -0.285. The number of benzene rings is 2. The number of hydrogen-bond acceptors (Lipinski definition) is 3. The van der Waals surface area contributed by atoms with Gasteiger partial charge in [0.2, 0.25) is 0 Å². The highest BCUT2D eigenvalue weighted by Gasteiger charge is 2.28. The maximum Gasteiger partial charge on any atom is 0.272 e. The van der Waals surface area contributed by atoms with Crippen LogP contribution < -0.4 is 0 Å². The van der Waals surface area contributed by atoms with Crippen LogP contribution in [0.15, 0.2) is 60.7 Å². The molecule has 0 bridgehead atoms. The van der Waals surface area contributed by atoms with E-state index in [-0.39, 0.29) is 12.2 Å². The molecule has 0 aromatic heterocycles. The van der Waals surface area contributed by atoms with Gasteiger partial charge in [-0.2, -0.15) is 8.42 Å². The van der Waals surface area contributed by atoms with Gasteiger partial charge in [0.05, 0.1) is 0 Å². The Bertz CT molecular complexity index is 678. The zero-order chi connectivity index (χ0) is 14.6. The van der Waals surface area contributed by atoms with Crippen molar-refractivity contribution in [2.45, 2.75) is 11.7 Å². The highest BCUT2D eigenvalue weighted by Crippen LogP contribution is 2.26. The molecule has 0 saturated heterocycles. The first kappa shape index (κ1) is 14.4. The van der Waals surface area contributed by atoms with E-state index in [9.17, 15) is 17.8 Å². The largest absolute Gasteiger partial charge is 0.294 e. The second kappa shape index (κ2) is 5.98. The fourth-order valence-electron chi connectivity index (χ4n) is 1.97. The van der Waals surface area contributed by atoms with Crippen LogP contribution in [-0.2, 0) is 10.1 Å². The third-order valence-corrected chi connectivity index (χ3v) is 4.16. The summed E-state index contributed by atoms with van der Waals surface area (Å²) in [5.74, 6) is -0.322. The highest BCUT2D eigenvalue weighted by atomic mass is 32.2. The van der Waals surface area contributed by atoms with Crippen molar-refractivity contribution in [3.8, 4) is 0 Å². The van der Waals surface area contributed by atoms with Gasteiger partial charge in [0.25, 0.3) is 10.1 Å². The van der Waals surface area contributed by atoms with Gasteiger partial charge in [0.1, 0.15) is 5.25 Å². The summed E-state index contributed by atoms with van der Waals surface area (Å²) in [7, 11) is -4.34. The molecule has 0 amide bonds. The van der Waals surface area contributed by atoms with E-state index in [1.165, 1.54) is 0 Å². The fourth-order valence-corrected chi connectivity index (χ4v) is 2.84. The van der Waals surface area contributed by atoms with Crippen molar-refractivity contribution < 1.29 is 17.8 Å². The predicted molar refractivity (Wildman–Crippen MR) is 76.1 cm³/mol. The molecule has 1 N–H and O–H groups in total. The molecule has 104 valence electrons. The standard InChI is InChI=1S/C15H14O4S/c16-14(12-7-3-1-4-8-12)11-15(20(17,18)19)13-9-5-2-6-10-13/h1-10,15H,11H2,(H,17,18,19). The molecule has 0 aliphatic carbocycles. The van der Waals surface area contributed by atoms with Gasteiger partial charge in [-0.25, -0.2) is 0 Å². The highest BCUT2D eigenvalue weighted by molar-refractivity contribution is 7.86. The van der Waals surface area contributed by atoms with Gasteiger partial charge in [-0.15, -0.1) is 0 Å². The Balaban J connectivity index is 2.29. The molecule has 2 aromatic carbocycles. The molecule has 5 heteroatoms. The second-order valence-electron chi connectivity index (χ2n) is 4.41. The number of Topliss-reactive ketones (excluding diaryl/α,β-unsaturated/α-hetero) is 1. The van der Waals surface area contributed by atoms with E-state index in [4.69, 9.17) is 0 Å². The molecule has 1 atom stereocenters. The first-order valence-corrected chi connectivity index (χ1v) is 7.58. The summed E-state index contributed by atoms with van der Waals surface area (Å²) in [6, 6.07) is 16.7. The average Bonchev–Trinajstić information content (AvgIpc) is 2.45. The van der Waals surface area contributed by atoms with Crippen LogP contribution in [0, 0.1) is 0 Å². The Morgan fingerprint density at radius 1 is 0.950 bits per heavy atom. The minimum absolute atomic E-state index is 0.285. The third-order valence-electron chi connectivity index (χ3n) is 3.00. The lowest BCUT2D eigenvalue weighted by atomic mass is 10.0. The molecule has 0 aliphatic heterocycles. The van der Waals surface area contributed by atoms with Gasteiger partial charge < -0.3 is 0 Å². The van der Waals surface area contributed by atoms with Crippen LogP contribution in [-0.4, -0.2) is 18.8 Å². The van der Waals surface area contributed by atoms with Crippen LogP contribution in [0.5, 0.6) is 0 Å². The van der Waals surface area contributed by atoms with E-state index < -0.39 is 15.4 Å². The minimum atomic E-state index is -4.34. The Morgan fingerprint density at radius 3 is 1.95 bits per heavy atom. The Morgan fingerprint density at radius 2 is 1.45 bits per heavy atom. The maximum atomic E-state index is 12.1. The van der Waals surface area contributed by atoms with Gasteiger partial charge in [-0.3, -0.25) is 9.35 Å². The molecule has 0 spiro atoms. The lowest BCUT2D eigenvalue weighted by Gasteiger charge is -2.13. The summed E-state index contributed by atoms with van der Waals surface area (Å²) in [4.78, 5) is 12.1. The molecular weight excluding hydrogens is 276 g/mol. The zero-order valence-electron chi connectivity index (χ0n) is 10.6. The molecule has 0 saturated carbocycles. The Kier molecular flexibility index (Phi) is 4.32. The minimum Gasteiger partial charge on any atom is -0.294 e. The van der Waals surface area contributed by atoms with E-state index >= 15 is 0 Å². The summed E-state index contributed by atoms with van der Waals surface area (Å²) in [5.41, 5.74) is 0.830. The van der Waals surface area contributed by atoms with E-state index in [1.807, 2.05) is 0 Å². The van der Waals surface area contributed by atoms with Gasteiger partial charge in [0, 0.05) is 12.0 Å². The van der Waals surface area contributed by atoms with Crippen LogP contribution >= 0.6 is 0 Å². The quantitative estimate of drug-likeness (QED) is 0.679. The van der Waals surface area contributed by atoms with Crippen LogP contribution in [0.2, 0.25) is 0 Å². The Labute approximate surface area is 117 Å². The molecule has 20 heavy (non-hydrogen) atoms. The van der Waals surface area contributed by atoms with Crippen LogP contribution in [0.1, 0.15) is 27.6 Å². The molecule has 0 radical (unpaired) electrons. The van der Waals surface area contributed by atoms with Crippen LogP contribution in [0.4, 0.5) is 0 Å². The molecule has 0 heterocycles. The SMILES string of the molecule is O=C(CC(c1ccccc1)S(=O)(=O)O)c1ccccc1. The Hall–Kier alpha value is -1.98. The number of carbonyl (C=O) groups is 1. The molecule has 4 nitrogen and oxygen atoms in total. The molecule has 0 aliphatic rings. The normalized spacial score (nSPS) is 12.8. The predicted octanol–water partition coefficient (Wildman–Crippen LogP) is 2.89. The van der Waals surface area contributed by atoms with Gasteiger partial charge in [0.15, 0.2) is 5.78 Å². The number of carbonyl (C=O) groups excluding carboxylic acids is 1. The van der Waals surface area contributed by atoms with Gasteiger partial charge in [-0.1, -0.05) is 60.7 Å². The lowest BCUT2D eigenvalue weighted by Crippen LogP contribution is -2.16. The first-order chi connectivity index (χ1) is 9.48. The molecule has 2 rings (SSSR count). The molecule has 2 aromatic rings. The summed E-state index contributed by atoms with van der Waals surface area (Å²) in [5, 5.41) is -1.24. The lowest BCUT2D eigenvalue weighted by molar-refractivity contribution is 0.0979. The number of hydrogen-bond donors (Lipinski definition) is 1. The van der Waals surface area contributed by atoms with Crippen LogP contribution in [0.3, 0.4) is 0 Å². The van der Waals surface area contributed by atoms with Gasteiger partial charge >= 0.3 is 0 Å². The smallest absolute Gasteiger partial charge is 0.272 e. The molecular formula is C15H14O4S. The maximum absolute atomic E-state index is 12.1. The average molecular weight is 290 g/mol. The van der Waals surface area contributed by atoms with Crippen LogP contribution in [0.25, 0.3) is 0 Å². The fraction of sp³-hybridized carbons (Fsp3) is 0.133. The first-order valence-electron chi connectivity index (χ1n) is 6.08. The zero-order valence-corrected chi connectivity index (χ0v) is 11.5. The van der Waals surface area contributed by atoms with E-state index in [1.54, 1.807) is 60.7 Å². The van der Waals surface area contributed by atoms with Crippen molar-refractivity contribution in [3.63, 3.8) is 0 Å². The van der Waals surface area contributed by atoms with Gasteiger partial charge in [-0.05, 0) is 5.56 Å². The topological polar surface area (TPSA) is 71.4 Å². The molecule has 1 unspecified atom stereocenters. The van der Waals surface area contributed by atoms with Crippen molar-refractivity contribution in [3.05, 3.63) is 71.8 Å². The monoisotopic (exact) mass is 290 g/mol. The van der Waals surface area contributed by atoms with Crippen molar-refractivity contribution in [1.29, 1.82) is 0 Å². The summed E-state index contributed by atoms with van der Waals surface area (Å²) >= 11 is 0. The number of ketones is 1. The van der Waals surface area contributed by atoms with E-state index in [0.717, 1.165) is 0 Å². The van der Waals surface area contributed by atoms with Crippen molar-refractivity contribution in [2.75, 3.05) is 0 Å². The summed E-state index contributed by atoms with van der Waals surface area (Å²) in [6.45, 7) is 0. The number of rotatable bonds is 5. The third kappa shape index (κ3) is 3.53. The van der Waals surface area contributed by atoms with Crippen molar-refractivity contribution in [2.24, 2.45) is 0 Å².